The van der Waals surface area contributed by atoms with E-state index >= 15 is 0 Å². The van der Waals surface area contributed by atoms with E-state index in [9.17, 15) is 4.79 Å². The van der Waals surface area contributed by atoms with Crippen LogP contribution in [0.3, 0.4) is 0 Å². The average Bonchev–Trinajstić information content (AvgIpc) is 2.56. The van der Waals surface area contributed by atoms with Gasteiger partial charge in [-0.1, -0.05) is 0 Å². The minimum absolute atomic E-state index is 0.0829. The summed E-state index contributed by atoms with van der Waals surface area (Å²) in [6.07, 6.45) is 2.20. The number of piperidine rings is 1. The van der Waals surface area contributed by atoms with E-state index in [1.54, 1.807) is 7.11 Å². The van der Waals surface area contributed by atoms with E-state index in [1.807, 2.05) is 4.90 Å². The summed E-state index contributed by atoms with van der Waals surface area (Å²) in [5.41, 5.74) is 0.175. The molecule has 0 radical (unpaired) electrons. The first-order valence-corrected chi connectivity index (χ1v) is 6.22. The molecule has 1 N–H and O–H groups in total. The zero-order valence-electron chi connectivity index (χ0n) is 10.3. The Hall–Kier alpha value is -0.610. The van der Waals surface area contributed by atoms with Crippen LogP contribution in [0, 0.1) is 11.3 Å². The molecule has 1 unspecified atom stereocenters. The van der Waals surface area contributed by atoms with Gasteiger partial charge in [-0.05, 0) is 32.9 Å². The first-order valence-electron chi connectivity index (χ1n) is 6.22. The van der Waals surface area contributed by atoms with Gasteiger partial charge in [0, 0.05) is 25.6 Å². The van der Waals surface area contributed by atoms with Gasteiger partial charge in [0.2, 0.25) is 5.91 Å². The van der Waals surface area contributed by atoms with Gasteiger partial charge in [0.05, 0.1) is 12.5 Å². The molecule has 4 heteroatoms. The van der Waals surface area contributed by atoms with Crippen molar-refractivity contribution in [2.45, 2.75) is 19.8 Å². The van der Waals surface area contributed by atoms with Crippen LogP contribution in [0.5, 0.6) is 0 Å². The Morgan fingerprint density at radius 3 is 2.75 bits per heavy atom. The molecule has 2 fully saturated rings. The first-order chi connectivity index (χ1) is 7.73. The second kappa shape index (κ2) is 4.72. The van der Waals surface area contributed by atoms with Crippen molar-refractivity contribution in [2.24, 2.45) is 11.3 Å². The Bertz CT molecular complexity index is 262. The monoisotopic (exact) mass is 226 g/mol. The van der Waals surface area contributed by atoms with Crippen LogP contribution in [-0.4, -0.2) is 50.7 Å². The van der Waals surface area contributed by atoms with Gasteiger partial charge in [-0.15, -0.1) is 0 Å². The van der Waals surface area contributed by atoms with Crippen molar-refractivity contribution in [3.05, 3.63) is 0 Å². The number of ether oxygens (including phenoxy) is 1. The maximum Gasteiger partial charge on any atom is 0.228 e. The van der Waals surface area contributed by atoms with Gasteiger partial charge in [0.1, 0.15) is 0 Å². The van der Waals surface area contributed by atoms with Crippen LogP contribution >= 0.6 is 0 Å². The quantitative estimate of drug-likeness (QED) is 0.761. The van der Waals surface area contributed by atoms with Crippen molar-refractivity contribution in [3.63, 3.8) is 0 Å². The van der Waals surface area contributed by atoms with Crippen molar-refractivity contribution in [1.82, 2.24) is 10.2 Å². The van der Waals surface area contributed by atoms with E-state index in [1.165, 1.54) is 0 Å². The molecule has 4 nitrogen and oxygen atoms in total. The zero-order valence-corrected chi connectivity index (χ0v) is 10.3. The fourth-order valence-corrected chi connectivity index (χ4v) is 3.16. The van der Waals surface area contributed by atoms with Gasteiger partial charge in [-0.3, -0.25) is 4.79 Å². The van der Waals surface area contributed by atoms with Crippen molar-refractivity contribution < 1.29 is 9.53 Å². The Morgan fingerprint density at radius 1 is 1.50 bits per heavy atom. The van der Waals surface area contributed by atoms with Crippen LogP contribution in [-0.2, 0) is 9.53 Å². The third kappa shape index (κ3) is 1.84. The molecule has 0 aromatic carbocycles. The molecule has 2 heterocycles. The Balaban J connectivity index is 2.18. The summed E-state index contributed by atoms with van der Waals surface area (Å²) in [6, 6.07) is 0. The number of hydrogen-bond donors (Lipinski definition) is 1. The smallest absolute Gasteiger partial charge is 0.228 e. The lowest BCUT2D eigenvalue weighted by Crippen LogP contribution is -2.43. The summed E-state index contributed by atoms with van der Waals surface area (Å²) in [5.74, 6) is 0.380. The highest BCUT2D eigenvalue weighted by Gasteiger charge is 2.51. The number of carbonyl (C=O) groups is 1. The summed E-state index contributed by atoms with van der Waals surface area (Å²) < 4.78 is 5.25. The molecule has 2 saturated heterocycles. The highest BCUT2D eigenvalue weighted by Crippen LogP contribution is 2.43. The van der Waals surface area contributed by atoms with Crippen LogP contribution in [0.1, 0.15) is 19.8 Å². The lowest BCUT2D eigenvalue weighted by Gasteiger charge is -2.37. The molecule has 0 aromatic rings. The molecule has 1 atom stereocenters. The number of likely N-dealkylation sites (tertiary alicyclic amines) is 1. The molecular weight excluding hydrogens is 204 g/mol. The molecule has 2 rings (SSSR count). The fourth-order valence-electron chi connectivity index (χ4n) is 3.16. The number of rotatable bonds is 3. The highest BCUT2D eigenvalue weighted by molar-refractivity contribution is 5.82. The van der Waals surface area contributed by atoms with Crippen molar-refractivity contribution >= 4 is 5.91 Å². The molecule has 0 aromatic heterocycles. The fraction of sp³-hybridized carbons (Fsp3) is 0.917. The highest BCUT2D eigenvalue weighted by atomic mass is 16.5. The molecule has 16 heavy (non-hydrogen) atoms. The third-order valence-corrected chi connectivity index (χ3v) is 4.17. The van der Waals surface area contributed by atoms with E-state index < -0.39 is 0 Å². The van der Waals surface area contributed by atoms with Gasteiger partial charge in [0.15, 0.2) is 0 Å². The van der Waals surface area contributed by atoms with Crippen LogP contribution in [0.15, 0.2) is 0 Å². The number of hydrogen-bond acceptors (Lipinski definition) is 3. The van der Waals surface area contributed by atoms with E-state index in [-0.39, 0.29) is 11.3 Å². The van der Waals surface area contributed by atoms with Gasteiger partial charge in [-0.25, -0.2) is 0 Å². The predicted molar refractivity (Wildman–Crippen MR) is 62.2 cm³/mol. The Kier molecular flexibility index (Phi) is 3.50. The molecule has 1 spiro atoms. The summed E-state index contributed by atoms with van der Waals surface area (Å²) in [7, 11) is 1.69. The summed E-state index contributed by atoms with van der Waals surface area (Å²) >= 11 is 0. The summed E-state index contributed by atoms with van der Waals surface area (Å²) in [4.78, 5) is 14.2. The maximum absolute atomic E-state index is 12.2. The topological polar surface area (TPSA) is 41.6 Å². The summed E-state index contributed by atoms with van der Waals surface area (Å²) in [5, 5.41) is 3.38. The van der Waals surface area contributed by atoms with Crippen LogP contribution in [0.25, 0.3) is 0 Å². The molecule has 0 aliphatic carbocycles. The predicted octanol–water partition coefficient (Wildman–Crippen LogP) is 0.481. The Labute approximate surface area is 97.3 Å². The largest absolute Gasteiger partial charge is 0.384 e. The van der Waals surface area contributed by atoms with Crippen LogP contribution in [0.2, 0.25) is 0 Å². The third-order valence-electron chi connectivity index (χ3n) is 4.17. The van der Waals surface area contributed by atoms with Crippen LogP contribution in [0.4, 0.5) is 0 Å². The Morgan fingerprint density at radius 2 is 2.19 bits per heavy atom. The molecular formula is C12H22N2O2. The maximum atomic E-state index is 12.2. The second-order valence-electron chi connectivity index (χ2n) is 4.97. The average molecular weight is 226 g/mol. The van der Waals surface area contributed by atoms with Gasteiger partial charge in [0.25, 0.3) is 0 Å². The SMILES string of the molecule is CCN1CC2(CCNCC2)C(COC)C1=O. The minimum atomic E-state index is 0.0829. The standard InChI is InChI=1S/C12H22N2O2/c1-3-14-9-12(4-6-13-7-5-12)10(8-16-2)11(14)15/h10,13H,3-9H2,1-2H3. The van der Waals surface area contributed by atoms with Crippen molar-refractivity contribution in [3.8, 4) is 0 Å². The molecule has 2 aliphatic rings. The lowest BCUT2D eigenvalue weighted by molar-refractivity contribution is -0.133. The lowest BCUT2D eigenvalue weighted by atomic mass is 9.71. The molecule has 0 saturated carbocycles. The molecule has 92 valence electrons. The molecule has 2 aliphatic heterocycles. The number of nitrogens with one attached hydrogen (secondary N) is 1. The van der Waals surface area contributed by atoms with E-state index in [4.69, 9.17) is 4.74 Å². The van der Waals surface area contributed by atoms with Gasteiger partial charge < -0.3 is 15.0 Å². The minimum Gasteiger partial charge on any atom is -0.384 e. The van der Waals surface area contributed by atoms with E-state index in [0.717, 1.165) is 39.0 Å². The number of carbonyl (C=O) groups excluding carboxylic acids is 1. The van der Waals surface area contributed by atoms with Crippen molar-refractivity contribution in [2.75, 3.05) is 39.9 Å². The van der Waals surface area contributed by atoms with Crippen LogP contribution < -0.4 is 5.32 Å². The second-order valence-corrected chi connectivity index (χ2v) is 4.97. The van der Waals surface area contributed by atoms with Gasteiger partial charge in [-0.2, -0.15) is 0 Å². The number of amides is 1. The van der Waals surface area contributed by atoms with E-state index in [2.05, 4.69) is 12.2 Å². The molecule has 0 bridgehead atoms. The normalized spacial score (nSPS) is 29.0. The zero-order chi connectivity index (χ0) is 11.6. The molecule has 1 amide bonds. The van der Waals surface area contributed by atoms with Gasteiger partial charge >= 0.3 is 0 Å². The number of methoxy groups -OCH3 is 1. The summed E-state index contributed by atoms with van der Waals surface area (Å²) in [6.45, 7) is 6.46. The van der Waals surface area contributed by atoms with E-state index in [0.29, 0.717) is 12.5 Å². The van der Waals surface area contributed by atoms with Crippen molar-refractivity contribution in [1.29, 1.82) is 0 Å². The number of nitrogens with zero attached hydrogens (tertiary/aromatic N) is 1. The first kappa shape index (κ1) is 11.9.